The Hall–Kier alpha value is -3.86. The predicted octanol–water partition coefficient (Wildman–Crippen LogP) is 4.48. The highest BCUT2D eigenvalue weighted by Gasteiger charge is 2.39. The summed E-state index contributed by atoms with van der Waals surface area (Å²) < 4.78 is 27.6. The molecule has 0 atom stereocenters. The molecule has 0 radical (unpaired) electrons. The van der Waals surface area contributed by atoms with Gasteiger partial charge in [-0.3, -0.25) is 9.30 Å². The molecule has 210 valence electrons. The number of hydrogen-bond donors (Lipinski definition) is 1. The van der Waals surface area contributed by atoms with Gasteiger partial charge in [-0.05, 0) is 25.0 Å². The van der Waals surface area contributed by atoms with E-state index in [1.54, 1.807) is 4.31 Å². The van der Waals surface area contributed by atoms with Crippen LogP contribution in [0.3, 0.4) is 0 Å². The average molecular weight is 568 g/mol. The van der Waals surface area contributed by atoms with Gasteiger partial charge in [-0.15, -0.1) is 0 Å². The third-order valence-electron chi connectivity index (χ3n) is 8.59. The number of imidazole rings is 1. The summed E-state index contributed by atoms with van der Waals surface area (Å²) in [6.45, 7) is 2.69. The smallest absolute Gasteiger partial charge is 0.211 e. The number of aromatic nitrogens is 4. The van der Waals surface area contributed by atoms with Gasteiger partial charge in [0.15, 0.2) is 5.82 Å². The van der Waals surface area contributed by atoms with Crippen LogP contribution in [0, 0.1) is 0 Å². The van der Waals surface area contributed by atoms with Crippen LogP contribution in [0.2, 0.25) is 0 Å². The summed E-state index contributed by atoms with van der Waals surface area (Å²) in [6, 6.07) is 21.2. The largest absolute Gasteiger partial charge is 0.371 e. The molecule has 0 amide bonds. The Bertz CT molecular complexity index is 1840. The van der Waals surface area contributed by atoms with Crippen molar-refractivity contribution in [1.82, 2.24) is 28.6 Å². The van der Waals surface area contributed by atoms with Gasteiger partial charge >= 0.3 is 0 Å². The summed E-state index contributed by atoms with van der Waals surface area (Å²) in [5, 5.41) is 4.35. The van der Waals surface area contributed by atoms with E-state index in [-0.39, 0.29) is 0 Å². The van der Waals surface area contributed by atoms with Crippen molar-refractivity contribution in [1.29, 1.82) is 0 Å². The number of fused-ring (bicyclic) bond motifs is 2. The number of benzene rings is 2. The minimum atomic E-state index is -3.13. The first-order valence-electron chi connectivity index (χ1n) is 14.1. The molecule has 0 bridgehead atoms. The summed E-state index contributed by atoms with van der Waals surface area (Å²) in [4.78, 5) is 17.3. The van der Waals surface area contributed by atoms with Crippen LogP contribution in [0.5, 0.6) is 0 Å². The third kappa shape index (κ3) is 4.75. The first kappa shape index (κ1) is 26.1. The highest BCUT2D eigenvalue weighted by atomic mass is 32.2. The lowest BCUT2D eigenvalue weighted by atomic mass is 9.78. The Balaban J connectivity index is 1.20. The fraction of sp³-hybridized carbons (Fsp3) is 0.323. The summed E-state index contributed by atoms with van der Waals surface area (Å²) in [7, 11) is -1.23. The van der Waals surface area contributed by atoms with Crippen LogP contribution in [0.15, 0.2) is 73.1 Å². The molecular weight excluding hydrogens is 534 g/mol. The van der Waals surface area contributed by atoms with Gasteiger partial charge in [0.25, 0.3) is 0 Å². The SMILES string of the molecule is CNc1nccn2c1c(-c1ccc3ccc(-c4ccccc4)nc3c1)nc2[C@H]1C[C@@H](N2CCN(S(C)(=O)=O)CC2)C1. The Labute approximate surface area is 239 Å². The molecule has 3 aromatic heterocycles. The molecule has 0 spiro atoms. The molecule has 2 aliphatic rings. The molecular formula is C31H33N7O2S. The van der Waals surface area contributed by atoms with Crippen LogP contribution in [-0.4, -0.2) is 82.5 Å². The quantitative estimate of drug-likeness (QED) is 0.323. The zero-order chi connectivity index (χ0) is 28.1. The Kier molecular flexibility index (Phi) is 6.49. The zero-order valence-electron chi connectivity index (χ0n) is 23.2. The first-order chi connectivity index (χ1) is 19.9. The summed E-state index contributed by atoms with van der Waals surface area (Å²) in [6.07, 6.45) is 7.14. The number of sulfonamides is 1. The van der Waals surface area contributed by atoms with E-state index in [2.05, 4.69) is 62.1 Å². The van der Waals surface area contributed by atoms with Crippen molar-refractivity contribution in [2.45, 2.75) is 24.8 Å². The summed E-state index contributed by atoms with van der Waals surface area (Å²) in [5.74, 6) is 2.16. The molecule has 9 nitrogen and oxygen atoms in total. The van der Waals surface area contributed by atoms with Gasteiger partial charge in [-0.25, -0.2) is 23.4 Å². The van der Waals surface area contributed by atoms with E-state index in [1.807, 2.05) is 37.6 Å². The van der Waals surface area contributed by atoms with Crippen molar-refractivity contribution in [3.8, 4) is 22.5 Å². The van der Waals surface area contributed by atoms with Gasteiger partial charge in [0.2, 0.25) is 10.0 Å². The van der Waals surface area contributed by atoms with Gasteiger partial charge in [-0.2, -0.15) is 4.31 Å². The van der Waals surface area contributed by atoms with Gasteiger partial charge in [0, 0.05) is 74.1 Å². The Morgan fingerprint density at radius 1 is 0.902 bits per heavy atom. The lowest BCUT2D eigenvalue weighted by molar-refractivity contribution is 0.0732. The topological polar surface area (TPSA) is 95.7 Å². The molecule has 1 aliphatic carbocycles. The van der Waals surface area contributed by atoms with Crippen molar-refractivity contribution < 1.29 is 8.42 Å². The maximum Gasteiger partial charge on any atom is 0.211 e. The highest BCUT2D eigenvalue weighted by Crippen LogP contribution is 2.42. The molecule has 2 fully saturated rings. The van der Waals surface area contributed by atoms with Crippen LogP contribution < -0.4 is 5.32 Å². The second kappa shape index (κ2) is 10.2. The number of nitrogens with zero attached hydrogens (tertiary/aromatic N) is 6. The van der Waals surface area contributed by atoms with Crippen molar-refractivity contribution >= 4 is 32.3 Å². The lowest BCUT2D eigenvalue weighted by Crippen LogP contribution is -2.54. The minimum Gasteiger partial charge on any atom is -0.371 e. The minimum absolute atomic E-state index is 0.324. The van der Waals surface area contributed by atoms with Crippen molar-refractivity contribution in [3.63, 3.8) is 0 Å². The molecule has 1 aliphatic heterocycles. The fourth-order valence-corrected chi connectivity index (χ4v) is 7.09. The molecule has 4 heterocycles. The van der Waals surface area contributed by atoms with Crippen molar-refractivity contribution in [2.24, 2.45) is 0 Å². The summed E-state index contributed by atoms with van der Waals surface area (Å²) >= 11 is 0. The van der Waals surface area contributed by atoms with Crippen LogP contribution in [-0.2, 0) is 10.0 Å². The van der Waals surface area contributed by atoms with E-state index in [4.69, 9.17) is 9.97 Å². The average Bonchev–Trinajstić information content (AvgIpc) is 3.35. The maximum atomic E-state index is 11.9. The zero-order valence-corrected chi connectivity index (χ0v) is 24.1. The number of anilines is 1. The van der Waals surface area contributed by atoms with E-state index in [1.165, 1.54) is 6.26 Å². The van der Waals surface area contributed by atoms with Crippen molar-refractivity contribution in [2.75, 3.05) is 44.8 Å². The number of rotatable bonds is 6. The summed E-state index contributed by atoms with van der Waals surface area (Å²) in [5.41, 5.74) is 5.84. The van der Waals surface area contributed by atoms with Gasteiger partial charge < -0.3 is 5.32 Å². The number of pyridine rings is 1. The number of piperazine rings is 1. The lowest BCUT2D eigenvalue weighted by Gasteiger charge is -2.45. The molecule has 1 saturated heterocycles. The molecule has 2 aromatic carbocycles. The van der Waals surface area contributed by atoms with Crippen LogP contribution in [0.4, 0.5) is 5.82 Å². The Morgan fingerprint density at radius 2 is 1.66 bits per heavy atom. The van der Waals surface area contributed by atoms with Crippen LogP contribution >= 0.6 is 0 Å². The normalized spacial score (nSPS) is 20.3. The second-order valence-corrected chi connectivity index (χ2v) is 13.0. The van der Waals surface area contributed by atoms with Crippen molar-refractivity contribution in [3.05, 3.63) is 78.9 Å². The number of hydrogen-bond acceptors (Lipinski definition) is 7. The van der Waals surface area contributed by atoms with E-state index in [0.29, 0.717) is 25.0 Å². The molecule has 10 heteroatoms. The molecule has 0 unspecified atom stereocenters. The van der Waals surface area contributed by atoms with Gasteiger partial charge in [0.1, 0.15) is 17.0 Å². The molecule has 1 N–H and O–H groups in total. The van der Waals surface area contributed by atoms with E-state index < -0.39 is 10.0 Å². The first-order valence-corrected chi connectivity index (χ1v) is 15.9. The number of nitrogens with one attached hydrogen (secondary N) is 1. The van der Waals surface area contributed by atoms with Gasteiger partial charge in [0.05, 0.1) is 17.5 Å². The predicted molar refractivity (Wildman–Crippen MR) is 162 cm³/mol. The third-order valence-corrected chi connectivity index (χ3v) is 9.89. The van der Waals surface area contributed by atoms with Crippen LogP contribution in [0.25, 0.3) is 38.9 Å². The van der Waals surface area contributed by atoms with Crippen LogP contribution in [0.1, 0.15) is 24.6 Å². The molecule has 7 rings (SSSR count). The molecule has 1 saturated carbocycles. The molecule has 41 heavy (non-hydrogen) atoms. The standard InChI is InChI=1S/C31H33N7O2S/c1-32-30-29-28(23-9-8-22-10-11-26(34-27(22)20-23)21-6-4-3-5-7-21)35-31(38(29)13-12-33-30)24-18-25(19-24)36-14-16-37(17-15-36)41(2,39)40/h3-13,20,24-25H,14-19H2,1-2H3,(H,32,33)/t24-,25+. The highest BCUT2D eigenvalue weighted by molar-refractivity contribution is 7.88. The van der Waals surface area contributed by atoms with E-state index >= 15 is 0 Å². The maximum absolute atomic E-state index is 11.9. The molecule has 5 aromatic rings. The second-order valence-electron chi connectivity index (χ2n) is 11.1. The Morgan fingerprint density at radius 3 is 2.39 bits per heavy atom. The fourth-order valence-electron chi connectivity index (χ4n) is 6.27. The monoisotopic (exact) mass is 567 g/mol. The van der Waals surface area contributed by atoms with E-state index in [9.17, 15) is 8.42 Å². The van der Waals surface area contributed by atoms with E-state index in [0.717, 1.165) is 76.5 Å². The van der Waals surface area contributed by atoms with Gasteiger partial charge in [-0.1, -0.05) is 48.5 Å².